The predicted molar refractivity (Wildman–Crippen MR) is 62.4 cm³/mol. The molecule has 0 unspecified atom stereocenters. The summed E-state index contributed by atoms with van der Waals surface area (Å²) in [7, 11) is 0. The van der Waals surface area contributed by atoms with Crippen LogP contribution in [0, 0.1) is 17.0 Å². The molecule has 0 fully saturated rings. The first kappa shape index (κ1) is 13.0. The van der Waals surface area contributed by atoms with E-state index in [4.69, 9.17) is 14.4 Å². The zero-order valence-corrected chi connectivity index (χ0v) is 10.1. The Morgan fingerprint density at radius 1 is 1.53 bits per heavy atom. The topological polar surface area (TPSA) is 112 Å². The van der Waals surface area contributed by atoms with Crippen molar-refractivity contribution in [2.75, 3.05) is 0 Å². The van der Waals surface area contributed by atoms with Crippen molar-refractivity contribution in [2.45, 2.75) is 20.1 Å². The number of rotatable bonds is 5. The quantitative estimate of drug-likeness (QED) is 0.641. The molecule has 19 heavy (non-hydrogen) atoms. The molecule has 8 nitrogen and oxygen atoms in total. The summed E-state index contributed by atoms with van der Waals surface area (Å²) >= 11 is 0. The molecule has 1 N–H and O–H groups in total. The van der Waals surface area contributed by atoms with Crippen LogP contribution in [0.4, 0.5) is 5.69 Å². The highest BCUT2D eigenvalue weighted by molar-refractivity contribution is 5.48. The van der Waals surface area contributed by atoms with Crippen molar-refractivity contribution in [3.05, 3.63) is 45.6 Å². The van der Waals surface area contributed by atoms with E-state index in [1.165, 1.54) is 18.2 Å². The van der Waals surface area contributed by atoms with Crippen LogP contribution in [0.3, 0.4) is 0 Å². The summed E-state index contributed by atoms with van der Waals surface area (Å²) in [6.07, 6.45) is 0. The van der Waals surface area contributed by atoms with Gasteiger partial charge in [0.15, 0.2) is 18.2 Å². The lowest BCUT2D eigenvalue weighted by Crippen LogP contribution is -2.00. The lowest BCUT2D eigenvalue weighted by molar-refractivity contribution is -0.386. The molecule has 2 rings (SSSR count). The van der Waals surface area contributed by atoms with Gasteiger partial charge in [-0.25, -0.2) is 0 Å². The Morgan fingerprint density at radius 2 is 2.32 bits per heavy atom. The van der Waals surface area contributed by atoms with E-state index in [9.17, 15) is 10.1 Å². The maximum atomic E-state index is 10.8. The monoisotopic (exact) mass is 265 g/mol. The van der Waals surface area contributed by atoms with Gasteiger partial charge in [-0.2, -0.15) is 4.98 Å². The highest BCUT2D eigenvalue weighted by Crippen LogP contribution is 2.28. The van der Waals surface area contributed by atoms with Gasteiger partial charge in [0.2, 0.25) is 0 Å². The lowest BCUT2D eigenvalue weighted by atomic mass is 10.2. The van der Waals surface area contributed by atoms with E-state index in [0.29, 0.717) is 11.4 Å². The van der Waals surface area contributed by atoms with Crippen molar-refractivity contribution < 1.29 is 19.3 Å². The number of benzene rings is 1. The number of nitrogens with zero attached hydrogens (tertiary/aromatic N) is 3. The minimum absolute atomic E-state index is 0.0485. The molecular formula is C11H11N3O5. The third-order valence-electron chi connectivity index (χ3n) is 2.32. The molecule has 0 saturated heterocycles. The van der Waals surface area contributed by atoms with Gasteiger partial charge in [0.05, 0.1) is 11.5 Å². The average molecular weight is 265 g/mol. The number of hydrogen-bond donors (Lipinski definition) is 1. The largest absolute Gasteiger partial charge is 0.477 e. The molecule has 0 amide bonds. The van der Waals surface area contributed by atoms with Gasteiger partial charge >= 0.3 is 5.69 Å². The average Bonchev–Trinajstić information content (AvgIpc) is 2.81. The van der Waals surface area contributed by atoms with Gasteiger partial charge in [-0.15, -0.1) is 0 Å². The molecule has 1 aromatic carbocycles. The van der Waals surface area contributed by atoms with Gasteiger partial charge in [-0.3, -0.25) is 10.1 Å². The van der Waals surface area contributed by atoms with Crippen molar-refractivity contribution in [3.8, 4) is 5.75 Å². The molecule has 0 spiro atoms. The Morgan fingerprint density at radius 3 is 2.89 bits per heavy atom. The summed E-state index contributed by atoms with van der Waals surface area (Å²) in [5, 5.41) is 23.4. The maximum Gasteiger partial charge on any atom is 0.310 e. The summed E-state index contributed by atoms with van der Waals surface area (Å²) in [4.78, 5) is 14.2. The Labute approximate surface area is 107 Å². The number of nitro benzene ring substituents is 1. The maximum absolute atomic E-state index is 10.8. The van der Waals surface area contributed by atoms with Gasteiger partial charge in [-0.05, 0) is 24.6 Å². The number of ether oxygens (including phenoxy) is 1. The molecule has 0 radical (unpaired) electrons. The minimum atomic E-state index is -0.560. The van der Waals surface area contributed by atoms with Crippen molar-refractivity contribution in [1.29, 1.82) is 0 Å². The first-order chi connectivity index (χ1) is 9.10. The van der Waals surface area contributed by atoms with Crippen molar-refractivity contribution in [2.24, 2.45) is 0 Å². The van der Waals surface area contributed by atoms with Crippen LogP contribution in [0.25, 0.3) is 0 Å². The van der Waals surface area contributed by atoms with E-state index in [1.807, 2.05) is 0 Å². The normalized spacial score (nSPS) is 10.4. The highest BCUT2D eigenvalue weighted by Gasteiger charge is 2.16. The third-order valence-corrected chi connectivity index (χ3v) is 2.32. The Hall–Kier alpha value is -2.48. The third kappa shape index (κ3) is 3.05. The highest BCUT2D eigenvalue weighted by atomic mass is 16.6. The number of aromatic nitrogens is 2. The van der Waals surface area contributed by atoms with E-state index in [-0.39, 0.29) is 30.5 Å². The molecule has 0 aliphatic rings. The fourth-order valence-electron chi connectivity index (χ4n) is 1.46. The smallest absolute Gasteiger partial charge is 0.310 e. The van der Waals surface area contributed by atoms with E-state index in [1.54, 1.807) is 6.92 Å². The molecule has 0 aliphatic heterocycles. The standard InChI is InChI=1S/C11H11N3O5/c1-7-12-11(19-13-7)6-18-10-4-8(5-15)2-3-9(10)14(16)17/h2-4,15H,5-6H2,1H3. The van der Waals surface area contributed by atoms with Crippen molar-refractivity contribution >= 4 is 5.69 Å². The van der Waals surface area contributed by atoms with Crippen LogP contribution in [-0.2, 0) is 13.2 Å². The second kappa shape index (κ2) is 5.44. The van der Waals surface area contributed by atoms with Crippen LogP contribution in [0.1, 0.15) is 17.3 Å². The predicted octanol–water partition coefficient (Wildman–Crippen LogP) is 1.36. The lowest BCUT2D eigenvalue weighted by Gasteiger charge is -2.05. The van der Waals surface area contributed by atoms with Crippen LogP contribution in [0.2, 0.25) is 0 Å². The van der Waals surface area contributed by atoms with Gasteiger partial charge in [0.1, 0.15) is 0 Å². The molecule has 8 heteroatoms. The van der Waals surface area contributed by atoms with Crippen molar-refractivity contribution in [3.63, 3.8) is 0 Å². The van der Waals surface area contributed by atoms with Crippen LogP contribution >= 0.6 is 0 Å². The van der Waals surface area contributed by atoms with E-state index in [2.05, 4.69) is 10.1 Å². The van der Waals surface area contributed by atoms with Gasteiger partial charge in [0, 0.05) is 6.07 Å². The zero-order valence-electron chi connectivity index (χ0n) is 10.1. The molecule has 1 heterocycles. The van der Waals surface area contributed by atoms with Crippen molar-refractivity contribution in [1.82, 2.24) is 10.1 Å². The molecule has 0 saturated carbocycles. The van der Waals surface area contributed by atoms with E-state index < -0.39 is 4.92 Å². The summed E-state index contributed by atoms with van der Waals surface area (Å²) in [5.74, 6) is 0.728. The van der Waals surface area contributed by atoms with Crippen LogP contribution in [-0.4, -0.2) is 20.2 Å². The SMILES string of the molecule is Cc1noc(COc2cc(CO)ccc2[N+](=O)[O-])n1. The van der Waals surface area contributed by atoms with Gasteiger partial charge in [-0.1, -0.05) is 5.16 Å². The minimum Gasteiger partial charge on any atom is -0.477 e. The number of nitro groups is 1. The number of aliphatic hydroxyl groups is 1. The molecule has 1 aromatic heterocycles. The Balaban J connectivity index is 2.19. The molecule has 100 valence electrons. The summed E-state index contributed by atoms with van der Waals surface area (Å²) < 4.78 is 10.1. The summed E-state index contributed by atoms with van der Waals surface area (Å²) in [6.45, 7) is 1.35. The van der Waals surface area contributed by atoms with E-state index >= 15 is 0 Å². The molecule has 0 atom stereocenters. The number of aliphatic hydroxyl groups excluding tert-OH is 1. The number of aryl methyl sites for hydroxylation is 1. The fraction of sp³-hybridized carbons (Fsp3) is 0.273. The summed E-state index contributed by atoms with van der Waals surface area (Å²) in [5.41, 5.74) is 0.329. The molecule has 2 aromatic rings. The molecule has 0 bridgehead atoms. The fourth-order valence-corrected chi connectivity index (χ4v) is 1.46. The van der Waals surface area contributed by atoms with Gasteiger partial charge in [0.25, 0.3) is 5.89 Å². The number of hydrogen-bond acceptors (Lipinski definition) is 7. The second-order valence-electron chi connectivity index (χ2n) is 3.74. The van der Waals surface area contributed by atoms with Crippen LogP contribution in [0.15, 0.2) is 22.7 Å². The first-order valence-corrected chi connectivity index (χ1v) is 5.40. The van der Waals surface area contributed by atoms with Crippen LogP contribution in [0.5, 0.6) is 5.75 Å². The molecular weight excluding hydrogens is 254 g/mol. The summed E-state index contributed by atoms with van der Waals surface area (Å²) in [6, 6.07) is 4.14. The first-order valence-electron chi connectivity index (χ1n) is 5.40. The molecule has 0 aliphatic carbocycles. The Bertz CT molecular complexity index is 596. The van der Waals surface area contributed by atoms with Crippen LogP contribution < -0.4 is 4.74 Å². The Kier molecular flexibility index (Phi) is 3.71. The second-order valence-corrected chi connectivity index (χ2v) is 3.74. The van der Waals surface area contributed by atoms with Gasteiger partial charge < -0.3 is 14.4 Å². The zero-order chi connectivity index (χ0) is 13.8. The van der Waals surface area contributed by atoms with E-state index in [0.717, 1.165) is 0 Å².